The summed E-state index contributed by atoms with van der Waals surface area (Å²) in [6, 6.07) is 16.9. The first kappa shape index (κ1) is 26.4. The van der Waals surface area contributed by atoms with Crippen LogP contribution in [0.2, 0.25) is 5.02 Å². The molecule has 0 saturated carbocycles. The first-order chi connectivity index (χ1) is 18.8. The zero-order chi connectivity index (χ0) is 27.7. The smallest absolute Gasteiger partial charge is 0.338 e. The van der Waals surface area contributed by atoms with Crippen molar-refractivity contribution in [1.29, 1.82) is 0 Å². The van der Waals surface area contributed by atoms with Crippen molar-refractivity contribution in [3.05, 3.63) is 120 Å². The fraction of sp³-hybridized carbons (Fsp3) is 0.138. The van der Waals surface area contributed by atoms with Crippen LogP contribution in [0.3, 0.4) is 0 Å². The number of thiazole rings is 1. The lowest BCUT2D eigenvalue weighted by Crippen LogP contribution is -2.40. The van der Waals surface area contributed by atoms with Gasteiger partial charge in [0.25, 0.3) is 5.56 Å². The van der Waals surface area contributed by atoms with Gasteiger partial charge in [0.2, 0.25) is 0 Å². The highest BCUT2D eigenvalue weighted by atomic mass is 35.5. The Morgan fingerprint density at radius 1 is 1.18 bits per heavy atom. The van der Waals surface area contributed by atoms with Gasteiger partial charge < -0.3 is 14.6 Å². The molecular formula is C29H22ClFN2O5S. The summed E-state index contributed by atoms with van der Waals surface area (Å²) in [5.74, 6) is -1.13. The fourth-order valence-corrected chi connectivity index (χ4v) is 5.61. The number of hydrogen-bond acceptors (Lipinski definition) is 7. The van der Waals surface area contributed by atoms with Crippen LogP contribution in [0, 0.1) is 5.82 Å². The Morgan fingerprint density at radius 2 is 1.90 bits per heavy atom. The average molecular weight is 565 g/mol. The number of halogens is 2. The van der Waals surface area contributed by atoms with Crippen molar-refractivity contribution >= 4 is 40.7 Å². The van der Waals surface area contributed by atoms with Crippen LogP contribution in [0.15, 0.2) is 82.1 Å². The molecule has 5 rings (SSSR count). The first-order valence-corrected chi connectivity index (χ1v) is 13.1. The van der Waals surface area contributed by atoms with E-state index in [2.05, 4.69) is 0 Å². The molecule has 1 N–H and O–H groups in total. The van der Waals surface area contributed by atoms with Crippen molar-refractivity contribution in [3.63, 3.8) is 0 Å². The Bertz CT molecular complexity index is 1780. The minimum absolute atomic E-state index is 0.0634. The third kappa shape index (κ3) is 4.98. The summed E-state index contributed by atoms with van der Waals surface area (Å²) >= 11 is 7.28. The fourth-order valence-electron chi connectivity index (χ4n) is 4.38. The van der Waals surface area contributed by atoms with Gasteiger partial charge in [0, 0.05) is 5.56 Å². The highest BCUT2D eigenvalue weighted by Crippen LogP contribution is 2.36. The van der Waals surface area contributed by atoms with Gasteiger partial charge in [0.15, 0.2) is 16.3 Å². The SMILES string of the molecule is CCOC(=O)C1=C(c2ccccc2)N=c2s/c(=C\c3cc(Cl)c(O)c(OC)c3)c(=O)n2[C@@H]1c1ccc(F)cc1. The molecule has 0 aliphatic carbocycles. The van der Waals surface area contributed by atoms with E-state index in [4.69, 9.17) is 26.1 Å². The van der Waals surface area contributed by atoms with Gasteiger partial charge in [0.1, 0.15) is 5.82 Å². The topological polar surface area (TPSA) is 90.1 Å². The summed E-state index contributed by atoms with van der Waals surface area (Å²) in [7, 11) is 1.40. The van der Waals surface area contributed by atoms with Crippen LogP contribution in [0.4, 0.5) is 4.39 Å². The second-order valence-corrected chi connectivity index (χ2v) is 9.95. The third-order valence-corrected chi connectivity index (χ3v) is 7.40. The van der Waals surface area contributed by atoms with Gasteiger partial charge in [-0.1, -0.05) is 65.4 Å². The number of rotatable bonds is 6. The molecule has 0 saturated heterocycles. The number of aromatic hydroxyl groups is 1. The monoisotopic (exact) mass is 564 g/mol. The van der Waals surface area contributed by atoms with Crippen LogP contribution in [-0.4, -0.2) is 29.4 Å². The molecule has 198 valence electrons. The van der Waals surface area contributed by atoms with Gasteiger partial charge >= 0.3 is 5.97 Å². The van der Waals surface area contributed by atoms with Crippen molar-refractivity contribution in [2.75, 3.05) is 13.7 Å². The van der Waals surface area contributed by atoms with Crippen molar-refractivity contribution in [2.45, 2.75) is 13.0 Å². The molecule has 4 aromatic rings. The predicted molar refractivity (Wildman–Crippen MR) is 147 cm³/mol. The standard InChI is InChI=1S/C29H22ClFN2O5S/c1-3-38-28(36)23-24(17-7-5-4-6-8-17)32-29-33(25(23)18-9-11-19(31)12-10-18)27(35)22(39-29)15-16-13-20(30)26(34)21(14-16)37-2/h4-15,25,34H,3H2,1-2H3/b22-15-/t25-/m1/s1. The molecule has 10 heteroatoms. The van der Waals surface area contributed by atoms with E-state index in [1.165, 1.54) is 42.0 Å². The Labute approximate surface area is 231 Å². The molecule has 0 unspecified atom stereocenters. The van der Waals surface area contributed by atoms with E-state index in [9.17, 15) is 19.1 Å². The van der Waals surface area contributed by atoms with Crippen molar-refractivity contribution < 1.29 is 23.8 Å². The highest BCUT2D eigenvalue weighted by Gasteiger charge is 2.35. The maximum atomic E-state index is 13.9. The molecule has 7 nitrogen and oxygen atoms in total. The molecule has 0 bridgehead atoms. The minimum atomic E-state index is -0.920. The van der Waals surface area contributed by atoms with E-state index in [-0.39, 0.29) is 28.7 Å². The molecule has 1 aliphatic rings. The molecule has 0 amide bonds. The van der Waals surface area contributed by atoms with E-state index >= 15 is 0 Å². The maximum absolute atomic E-state index is 13.9. The third-order valence-electron chi connectivity index (χ3n) is 6.13. The Hall–Kier alpha value is -4.21. The van der Waals surface area contributed by atoms with E-state index in [1.54, 1.807) is 19.1 Å². The van der Waals surface area contributed by atoms with Crippen LogP contribution in [0.5, 0.6) is 11.5 Å². The van der Waals surface area contributed by atoms with E-state index < -0.39 is 23.4 Å². The lowest BCUT2D eigenvalue weighted by molar-refractivity contribution is -0.138. The van der Waals surface area contributed by atoms with Crippen molar-refractivity contribution in [1.82, 2.24) is 4.57 Å². The summed E-state index contributed by atoms with van der Waals surface area (Å²) in [5, 5.41) is 10.2. The number of methoxy groups -OCH3 is 1. The Morgan fingerprint density at radius 3 is 2.56 bits per heavy atom. The van der Waals surface area contributed by atoms with E-state index in [1.807, 2.05) is 30.3 Å². The van der Waals surface area contributed by atoms with Gasteiger partial charge in [-0.05, 0) is 48.4 Å². The zero-order valence-corrected chi connectivity index (χ0v) is 22.4. The number of ether oxygens (including phenoxy) is 2. The Balaban J connectivity index is 1.82. The van der Waals surface area contributed by atoms with Gasteiger partial charge in [-0.15, -0.1) is 0 Å². The predicted octanol–water partition coefficient (Wildman–Crippen LogP) is 4.44. The molecule has 1 aromatic heterocycles. The van der Waals surface area contributed by atoms with Gasteiger partial charge in [0.05, 0.1) is 40.6 Å². The van der Waals surface area contributed by atoms with Crippen LogP contribution >= 0.6 is 22.9 Å². The Kier molecular flexibility index (Phi) is 7.36. The zero-order valence-electron chi connectivity index (χ0n) is 20.9. The molecule has 0 radical (unpaired) electrons. The summed E-state index contributed by atoms with van der Waals surface area (Å²) < 4.78 is 26.2. The van der Waals surface area contributed by atoms with E-state index in [0.29, 0.717) is 31.7 Å². The molecule has 1 aliphatic heterocycles. The highest BCUT2D eigenvalue weighted by molar-refractivity contribution is 7.07. The molecule has 39 heavy (non-hydrogen) atoms. The number of phenols is 1. The molecule has 3 aromatic carbocycles. The van der Waals surface area contributed by atoms with Crippen LogP contribution in [-0.2, 0) is 9.53 Å². The summed E-state index contributed by atoms with van der Waals surface area (Å²) in [6.07, 6.45) is 1.61. The number of hydrogen-bond donors (Lipinski definition) is 1. The van der Waals surface area contributed by atoms with E-state index in [0.717, 1.165) is 11.3 Å². The molecule has 1 atom stereocenters. The van der Waals surface area contributed by atoms with Gasteiger partial charge in [-0.2, -0.15) is 0 Å². The number of carbonyl (C=O) groups is 1. The number of esters is 1. The van der Waals surface area contributed by atoms with Crippen LogP contribution < -0.4 is 19.6 Å². The molecule has 2 heterocycles. The number of phenolic OH excluding ortho intramolecular Hbond substituents is 1. The van der Waals surface area contributed by atoms with Crippen molar-refractivity contribution in [2.24, 2.45) is 4.99 Å². The number of aromatic nitrogens is 1. The summed E-state index contributed by atoms with van der Waals surface area (Å²) in [5.41, 5.74) is 1.83. The quantitative estimate of drug-likeness (QED) is 0.350. The number of nitrogens with zero attached hydrogens (tertiary/aromatic N) is 2. The lowest BCUT2D eigenvalue weighted by atomic mass is 9.93. The van der Waals surface area contributed by atoms with Gasteiger partial charge in [-0.25, -0.2) is 14.2 Å². The number of carbonyl (C=O) groups excluding carboxylic acids is 1. The van der Waals surface area contributed by atoms with Crippen LogP contribution in [0.1, 0.15) is 29.7 Å². The molecular weight excluding hydrogens is 543 g/mol. The largest absolute Gasteiger partial charge is 0.503 e. The van der Waals surface area contributed by atoms with Gasteiger partial charge in [-0.3, -0.25) is 9.36 Å². The summed E-state index contributed by atoms with van der Waals surface area (Å²) in [4.78, 5) is 32.4. The first-order valence-electron chi connectivity index (χ1n) is 11.9. The number of fused-ring (bicyclic) bond motifs is 1. The maximum Gasteiger partial charge on any atom is 0.338 e. The average Bonchev–Trinajstić information content (AvgIpc) is 3.25. The second kappa shape index (κ2) is 10.9. The second-order valence-electron chi connectivity index (χ2n) is 8.54. The minimum Gasteiger partial charge on any atom is -0.503 e. The van der Waals surface area contributed by atoms with Crippen LogP contribution in [0.25, 0.3) is 11.8 Å². The normalized spacial score (nSPS) is 15.1. The number of benzene rings is 3. The molecule has 0 spiro atoms. The summed E-state index contributed by atoms with van der Waals surface area (Å²) in [6.45, 7) is 1.81. The lowest BCUT2D eigenvalue weighted by Gasteiger charge is -2.25. The van der Waals surface area contributed by atoms with Crippen molar-refractivity contribution in [3.8, 4) is 11.5 Å². The molecule has 0 fully saturated rings.